The Morgan fingerprint density at radius 3 is 1.60 bits per heavy atom. The molecule has 0 spiro atoms. The molecule has 0 N–H and O–H groups in total. The Morgan fingerprint density at radius 2 is 1.28 bits per heavy atom. The van der Waals surface area contributed by atoms with Gasteiger partial charge < -0.3 is 14.4 Å². The van der Waals surface area contributed by atoms with Gasteiger partial charge in [0.05, 0.1) is 20.3 Å². The fourth-order valence-electron chi connectivity index (χ4n) is 2.95. The summed E-state index contributed by atoms with van der Waals surface area (Å²) in [4.78, 5) is 27.7. The maximum atomic E-state index is 12.5. The Kier molecular flexibility index (Phi) is 4.61. The van der Waals surface area contributed by atoms with E-state index in [2.05, 4.69) is 0 Å². The van der Waals surface area contributed by atoms with Crippen molar-refractivity contribution in [3.63, 3.8) is 0 Å². The van der Waals surface area contributed by atoms with Crippen molar-refractivity contribution in [2.75, 3.05) is 27.8 Å². The lowest BCUT2D eigenvalue weighted by Gasteiger charge is -2.27. The molecule has 3 rings (SSSR count). The molecule has 130 valence electrons. The maximum Gasteiger partial charge on any atom is 0.327 e. The molecule has 0 aliphatic carbocycles. The van der Waals surface area contributed by atoms with Gasteiger partial charge in [0.15, 0.2) is 0 Å². The number of rotatable bonds is 5. The molecule has 3 amide bonds. The van der Waals surface area contributed by atoms with Gasteiger partial charge in [-0.2, -0.15) is 0 Å². The van der Waals surface area contributed by atoms with Crippen LogP contribution in [0.25, 0.3) is 0 Å². The fourth-order valence-corrected chi connectivity index (χ4v) is 2.95. The Balaban J connectivity index is 2.06. The highest BCUT2D eigenvalue weighted by Crippen LogP contribution is 2.33. The van der Waals surface area contributed by atoms with Gasteiger partial charge in [-0.25, -0.2) is 4.79 Å². The summed E-state index contributed by atoms with van der Waals surface area (Å²) in [6.07, 6.45) is 0. The van der Waals surface area contributed by atoms with E-state index in [9.17, 15) is 9.59 Å². The Morgan fingerprint density at radius 1 is 0.840 bits per heavy atom. The average Bonchev–Trinajstić information content (AvgIpc) is 2.89. The summed E-state index contributed by atoms with van der Waals surface area (Å²) in [5, 5.41) is 0. The van der Waals surface area contributed by atoms with Crippen LogP contribution in [0.5, 0.6) is 11.5 Å². The molecule has 0 radical (unpaired) electrons. The first-order valence-electron chi connectivity index (χ1n) is 7.90. The van der Waals surface area contributed by atoms with Gasteiger partial charge in [0, 0.05) is 7.05 Å². The molecule has 6 heteroatoms. The van der Waals surface area contributed by atoms with Crippen LogP contribution < -0.4 is 9.47 Å². The van der Waals surface area contributed by atoms with Crippen LogP contribution in [-0.2, 0) is 4.79 Å². The van der Waals surface area contributed by atoms with Crippen LogP contribution in [0.1, 0.15) is 17.2 Å². The van der Waals surface area contributed by atoms with Crippen LogP contribution in [0.4, 0.5) is 4.79 Å². The summed E-state index contributed by atoms with van der Waals surface area (Å²) in [6.45, 7) is 0.0850. The van der Waals surface area contributed by atoms with Crippen molar-refractivity contribution >= 4 is 11.9 Å². The molecule has 0 aromatic heterocycles. The number of hydrogen-bond acceptors (Lipinski definition) is 4. The van der Waals surface area contributed by atoms with Crippen LogP contribution in [0, 0.1) is 0 Å². The molecule has 1 saturated heterocycles. The fraction of sp³-hybridized carbons (Fsp3) is 0.263. The number of methoxy groups -OCH3 is 2. The monoisotopic (exact) mass is 340 g/mol. The molecular weight excluding hydrogens is 320 g/mol. The van der Waals surface area contributed by atoms with Gasteiger partial charge in [0.1, 0.15) is 18.0 Å². The van der Waals surface area contributed by atoms with E-state index in [1.807, 2.05) is 48.5 Å². The number of likely N-dealkylation sites (N-methyl/N-ethyl adjacent to an activating group) is 1. The number of urea groups is 1. The molecule has 1 aliphatic heterocycles. The second-order valence-corrected chi connectivity index (χ2v) is 5.85. The lowest BCUT2D eigenvalue weighted by Crippen LogP contribution is -2.36. The van der Waals surface area contributed by atoms with Gasteiger partial charge in [0.2, 0.25) is 0 Å². The summed E-state index contributed by atoms with van der Waals surface area (Å²) < 4.78 is 10.4. The minimum absolute atomic E-state index is 0.0850. The van der Waals surface area contributed by atoms with E-state index < -0.39 is 6.04 Å². The molecule has 0 bridgehead atoms. The summed E-state index contributed by atoms with van der Waals surface area (Å²) in [5.74, 6) is 1.21. The highest BCUT2D eigenvalue weighted by Gasteiger charge is 2.40. The predicted octanol–water partition coefficient (Wildman–Crippen LogP) is 2.69. The van der Waals surface area contributed by atoms with Crippen molar-refractivity contribution in [3.05, 3.63) is 59.7 Å². The number of benzene rings is 2. The molecular formula is C19H20N2O4. The van der Waals surface area contributed by atoms with Crippen molar-refractivity contribution < 1.29 is 19.1 Å². The Bertz CT molecular complexity index is 724. The molecule has 1 fully saturated rings. The molecule has 0 atom stereocenters. The number of ether oxygens (including phenoxy) is 2. The molecule has 2 aromatic carbocycles. The van der Waals surface area contributed by atoms with Crippen molar-refractivity contribution in [1.82, 2.24) is 9.80 Å². The van der Waals surface area contributed by atoms with Crippen LogP contribution in [-0.4, -0.2) is 49.6 Å². The first-order chi connectivity index (χ1) is 12.0. The van der Waals surface area contributed by atoms with Crippen LogP contribution in [0.15, 0.2) is 48.5 Å². The van der Waals surface area contributed by atoms with Gasteiger partial charge in [-0.05, 0) is 35.4 Å². The van der Waals surface area contributed by atoms with E-state index in [1.54, 1.807) is 21.3 Å². The third-order valence-electron chi connectivity index (χ3n) is 4.30. The van der Waals surface area contributed by atoms with Crippen LogP contribution >= 0.6 is 0 Å². The quantitative estimate of drug-likeness (QED) is 0.785. The third kappa shape index (κ3) is 3.15. The van der Waals surface area contributed by atoms with Crippen molar-refractivity contribution in [2.24, 2.45) is 0 Å². The van der Waals surface area contributed by atoms with Gasteiger partial charge in [-0.1, -0.05) is 24.3 Å². The van der Waals surface area contributed by atoms with Crippen LogP contribution in [0.3, 0.4) is 0 Å². The van der Waals surface area contributed by atoms with E-state index >= 15 is 0 Å². The first-order valence-corrected chi connectivity index (χ1v) is 7.90. The molecule has 25 heavy (non-hydrogen) atoms. The van der Waals surface area contributed by atoms with Gasteiger partial charge in [0.25, 0.3) is 5.91 Å². The lowest BCUT2D eigenvalue weighted by atomic mass is 9.97. The van der Waals surface area contributed by atoms with Crippen LogP contribution in [0.2, 0.25) is 0 Å². The Hall–Kier alpha value is -3.02. The topological polar surface area (TPSA) is 59.1 Å². The standard InChI is InChI=1S/C19H20N2O4/c1-20-12-17(22)21(19(20)23)18(13-4-8-15(24-2)9-5-13)14-6-10-16(25-3)11-7-14/h4-11,18H,12H2,1-3H3. The SMILES string of the molecule is COc1ccc(C(c2ccc(OC)cc2)N2C(=O)CN(C)C2=O)cc1. The minimum Gasteiger partial charge on any atom is -0.497 e. The zero-order chi connectivity index (χ0) is 18.0. The normalized spacial score (nSPS) is 14.4. The summed E-state index contributed by atoms with van der Waals surface area (Å²) >= 11 is 0. The summed E-state index contributed by atoms with van der Waals surface area (Å²) in [6, 6.07) is 13.9. The second kappa shape index (κ2) is 6.84. The Labute approximate surface area is 146 Å². The zero-order valence-corrected chi connectivity index (χ0v) is 14.4. The predicted molar refractivity (Wildman–Crippen MR) is 92.7 cm³/mol. The number of carbonyl (C=O) groups is 2. The summed E-state index contributed by atoms with van der Waals surface area (Å²) in [7, 11) is 4.82. The van der Waals surface area contributed by atoms with E-state index in [-0.39, 0.29) is 18.5 Å². The highest BCUT2D eigenvalue weighted by molar-refractivity contribution is 6.02. The van der Waals surface area contributed by atoms with Crippen molar-refractivity contribution in [3.8, 4) is 11.5 Å². The van der Waals surface area contributed by atoms with Crippen molar-refractivity contribution in [1.29, 1.82) is 0 Å². The first kappa shape index (κ1) is 16.8. The smallest absolute Gasteiger partial charge is 0.327 e. The third-order valence-corrected chi connectivity index (χ3v) is 4.30. The molecule has 1 heterocycles. The van der Waals surface area contributed by atoms with E-state index in [0.29, 0.717) is 11.5 Å². The maximum absolute atomic E-state index is 12.5. The lowest BCUT2D eigenvalue weighted by molar-refractivity contribution is -0.126. The van der Waals surface area contributed by atoms with E-state index in [0.717, 1.165) is 11.1 Å². The van der Waals surface area contributed by atoms with Gasteiger partial charge in [-0.3, -0.25) is 9.69 Å². The molecule has 2 aromatic rings. The number of amides is 3. The van der Waals surface area contributed by atoms with E-state index in [4.69, 9.17) is 9.47 Å². The number of carbonyl (C=O) groups excluding carboxylic acids is 2. The average molecular weight is 340 g/mol. The van der Waals surface area contributed by atoms with Crippen molar-refractivity contribution in [2.45, 2.75) is 6.04 Å². The molecule has 0 saturated carbocycles. The summed E-state index contributed by atoms with van der Waals surface area (Å²) in [5.41, 5.74) is 1.67. The molecule has 0 unspecified atom stereocenters. The van der Waals surface area contributed by atoms with Gasteiger partial charge in [-0.15, -0.1) is 0 Å². The number of imide groups is 1. The number of hydrogen-bond donors (Lipinski definition) is 0. The number of nitrogens with zero attached hydrogens (tertiary/aromatic N) is 2. The van der Waals surface area contributed by atoms with Gasteiger partial charge >= 0.3 is 6.03 Å². The molecule has 6 nitrogen and oxygen atoms in total. The second-order valence-electron chi connectivity index (χ2n) is 5.85. The van der Waals surface area contributed by atoms with E-state index in [1.165, 1.54) is 9.80 Å². The zero-order valence-electron chi connectivity index (χ0n) is 14.4. The minimum atomic E-state index is -0.498. The molecule has 1 aliphatic rings. The largest absolute Gasteiger partial charge is 0.497 e. The highest BCUT2D eigenvalue weighted by atomic mass is 16.5.